The van der Waals surface area contributed by atoms with E-state index >= 15 is 0 Å². The fraction of sp³-hybridized carbons (Fsp3) is 0.636. The van der Waals surface area contributed by atoms with Gasteiger partial charge in [0.05, 0.1) is 5.60 Å². The standard InChI is InChI=1S/C11H16OS/c1-2-11(12,9-5-6-9)8-10-4-3-7-13-10/h3-4,7,9,12H,2,5-6,8H2,1H3. The Kier molecular flexibility index (Phi) is 2.43. The second kappa shape index (κ2) is 3.43. The van der Waals surface area contributed by atoms with Crippen LogP contribution in [0.5, 0.6) is 0 Å². The number of rotatable bonds is 4. The van der Waals surface area contributed by atoms with Crippen molar-refractivity contribution in [2.45, 2.75) is 38.2 Å². The first-order chi connectivity index (χ1) is 6.24. The third-order valence-corrected chi connectivity index (χ3v) is 3.89. The summed E-state index contributed by atoms with van der Waals surface area (Å²) in [7, 11) is 0. The average Bonchev–Trinajstić information content (AvgIpc) is 2.88. The highest BCUT2D eigenvalue weighted by Gasteiger charge is 2.42. The molecule has 0 aliphatic heterocycles. The lowest BCUT2D eigenvalue weighted by atomic mass is 9.90. The number of aliphatic hydroxyl groups is 1. The molecule has 1 aliphatic rings. The molecule has 13 heavy (non-hydrogen) atoms. The van der Waals surface area contributed by atoms with Crippen LogP contribution in [-0.2, 0) is 6.42 Å². The van der Waals surface area contributed by atoms with Crippen molar-refractivity contribution in [3.63, 3.8) is 0 Å². The van der Waals surface area contributed by atoms with Crippen LogP contribution in [0.2, 0.25) is 0 Å². The lowest BCUT2D eigenvalue weighted by molar-refractivity contribution is 0.0146. The van der Waals surface area contributed by atoms with Crippen LogP contribution in [-0.4, -0.2) is 10.7 Å². The highest BCUT2D eigenvalue weighted by atomic mass is 32.1. The molecule has 1 nitrogen and oxygen atoms in total. The molecular formula is C11H16OS. The molecule has 1 heterocycles. The molecule has 0 spiro atoms. The van der Waals surface area contributed by atoms with Crippen molar-refractivity contribution in [1.29, 1.82) is 0 Å². The van der Waals surface area contributed by atoms with Crippen molar-refractivity contribution >= 4 is 11.3 Å². The second-order valence-corrected chi connectivity index (χ2v) is 5.02. The van der Waals surface area contributed by atoms with Gasteiger partial charge in [0.15, 0.2) is 0 Å². The summed E-state index contributed by atoms with van der Waals surface area (Å²) in [5.41, 5.74) is -0.412. The molecule has 1 N–H and O–H groups in total. The van der Waals surface area contributed by atoms with Crippen LogP contribution in [0.25, 0.3) is 0 Å². The van der Waals surface area contributed by atoms with Gasteiger partial charge in [-0.25, -0.2) is 0 Å². The molecule has 1 aliphatic carbocycles. The van der Waals surface area contributed by atoms with E-state index < -0.39 is 5.60 Å². The molecule has 2 rings (SSSR count). The maximum atomic E-state index is 10.3. The fourth-order valence-corrected chi connectivity index (χ4v) is 2.72. The van der Waals surface area contributed by atoms with Gasteiger partial charge >= 0.3 is 0 Å². The van der Waals surface area contributed by atoms with Gasteiger partial charge in [-0.1, -0.05) is 13.0 Å². The van der Waals surface area contributed by atoms with Gasteiger partial charge in [0.2, 0.25) is 0 Å². The van der Waals surface area contributed by atoms with E-state index in [0.29, 0.717) is 5.92 Å². The minimum Gasteiger partial charge on any atom is -0.389 e. The highest BCUT2D eigenvalue weighted by Crippen LogP contribution is 2.43. The largest absolute Gasteiger partial charge is 0.389 e. The summed E-state index contributed by atoms with van der Waals surface area (Å²) in [6.07, 6.45) is 4.17. The third kappa shape index (κ3) is 1.94. The molecule has 1 unspecified atom stereocenters. The van der Waals surface area contributed by atoms with Crippen LogP contribution in [0.3, 0.4) is 0 Å². The molecule has 0 saturated heterocycles. The smallest absolute Gasteiger partial charge is 0.0721 e. The predicted molar refractivity (Wildman–Crippen MR) is 56.0 cm³/mol. The summed E-state index contributed by atoms with van der Waals surface area (Å²) in [5.74, 6) is 0.569. The first-order valence-electron chi connectivity index (χ1n) is 4.99. The van der Waals surface area contributed by atoms with E-state index in [-0.39, 0.29) is 0 Å². The van der Waals surface area contributed by atoms with Crippen molar-refractivity contribution in [2.75, 3.05) is 0 Å². The second-order valence-electron chi connectivity index (χ2n) is 3.99. The van der Waals surface area contributed by atoms with E-state index in [1.807, 2.05) is 0 Å². The maximum Gasteiger partial charge on any atom is 0.0721 e. The summed E-state index contributed by atoms with van der Waals surface area (Å²) >= 11 is 1.75. The number of hydrogen-bond acceptors (Lipinski definition) is 2. The minimum atomic E-state index is -0.412. The number of hydrogen-bond donors (Lipinski definition) is 1. The van der Waals surface area contributed by atoms with Crippen molar-refractivity contribution in [3.05, 3.63) is 22.4 Å². The topological polar surface area (TPSA) is 20.2 Å². The van der Waals surface area contributed by atoms with E-state index in [0.717, 1.165) is 12.8 Å². The summed E-state index contributed by atoms with van der Waals surface area (Å²) in [5, 5.41) is 12.4. The van der Waals surface area contributed by atoms with Crippen molar-refractivity contribution in [1.82, 2.24) is 0 Å². The Labute approximate surface area is 83.4 Å². The van der Waals surface area contributed by atoms with Crippen LogP contribution >= 0.6 is 11.3 Å². The molecule has 1 aromatic rings. The zero-order valence-corrected chi connectivity index (χ0v) is 8.81. The quantitative estimate of drug-likeness (QED) is 0.785. The Balaban J connectivity index is 2.05. The summed E-state index contributed by atoms with van der Waals surface area (Å²) in [4.78, 5) is 1.32. The van der Waals surface area contributed by atoms with Crippen LogP contribution < -0.4 is 0 Å². The number of thiophene rings is 1. The molecule has 2 heteroatoms. The first kappa shape index (κ1) is 9.22. The maximum absolute atomic E-state index is 10.3. The SMILES string of the molecule is CCC(O)(Cc1cccs1)C1CC1. The monoisotopic (exact) mass is 196 g/mol. The van der Waals surface area contributed by atoms with Crippen LogP contribution in [0.15, 0.2) is 17.5 Å². The molecular weight excluding hydrogens is 180 g/mol. The van der Waals surface area contributed by atoms with Crippen molar-refractivity contribution in [2.24, 2.45) is 5.92 Å². The Bertz CT molecular complexity index is 264. The molecule has 1 saturated carbocycles. The van der Waals surface area contributed by atoms with E-state index in [1.54, 1.807) is 11.3 Å². The molecule has 1 atom stereocenters. The van der Waals surface area contributed by atoms with Crippen molar-refractivity contribution < 1.29 is 5.11 Å². The lowest BCUT2D eigenvalue weighted by Gasteiger charge is -2.26. The summed E-state index contributed by atoms with van der Waals surface area (Å²) < 4.78 is 0. The van der Waals surface area contributed by atoms with Gasteiger partial charge in [-0.3, -0.25) is 0 Å². The molecule has 1 aromatic heterocycles. The van der Waals surface area contributed by atoms with E-state index in [4.69, 9.17) is 0 Å². The Morgan fingerprint density at radius 3 is 2.85 bits per heavy atom. The molecule has 72 valence electrons. The first-order valence-corrected chi connectivity index (χ1v) is 5.87. The Morgan fingerprint density at radius 2 is 2.38 bits per heavy atom. The normalized spacial score (nSPS) is 21.4. The lowest BCUT2D eigenvalue weighted by Crippen LogP contribution is -2.32. The fourth-order valence-electron chi connectivity index (χ4n) is 1.89. The molecule has 0 aromatic carbocycles. The van der Waals surface area contributed by atoms with Crippen LogP contribution in [0.1, 0.15) is 31.1 Å². The zero-order valence-electron chi connectivity index (χ0n) is 7.99. The van der Waals surface area contributed by atoms with Crippen molar-refractivity contribution in [3.8, 4) is 0 Å². The van der Waals surface area contributed by atoms with E-state index in [9.17, 15) is 5.11 Å². The third-order valence-electron chi connectivity index (χ3n) is 3.01. The van der Waals surface area contributed by atoms with E-state index in [1.165, 1.54) is 17.7 Å². The van der Waals surface area contributed by atoms with Gasteiger partial charge in [-0.2, -0.15) is 0 Å². The van der Waals surface area contributed by atoms with Gasteiger partial charge in [0.1, 0.15) is 0 Å². The Hall–Kier alpha value is -0.340. The van der Waals surface area contributed by atoms with Gasteiger partial charge in [0.25, 0.3) is 0 Å². The molecule has 0 bridgehead atoms. The molecule has 1 fully saturated rings. The Morgan fingerprint density at radius 1 is 1.62 bits per heavy atom. The van der Waals surface area contributed by atoms with Gasteiger partial charge < -0.3 is 5.11 Å². The van der Waals surface area contributed by atoms with Crippen LogP contribution in [0, 0.1) is 5.92 Å². The highest BCUT2D eigenvalue weighted by molar-refractivity contribution is 7.09. The minimum absolute atomic E-state index is 0.412. The molecule has 0 amide bonds. The van der Waals surface area contributed by atoms with E-state index in [2.05, 4.69) is 24.4 Å². The van der Waals surface area contributed by atoms with Gasteiger partial charge in [-0.05, 0) is 36.6 Å². The van der Waals surface area contributed by atoms with Crippen LogP contribution in [0.4, 0.5) is 0 Å². The summed E-state index contributed by atoms with van der Waals surface area (Å²) in [6, 6.07) is 4.18. The summed E-state index contributed by atoms with van der Waals surface area (Å²) in [6.45, 7) is 2.09. The zero-order chi connectivity index (χ0) is 9.31. The van der Waals surface area contributed by atoms with Gasteiger partial charge in [-0.15, -0.1) is 11.3 Å². The van der Waals surface area contributed by atoms with Gasteiger partial charge in [0, 0.05) is 11.3 Å². The predicted octanol–water partition coefficient (Wildman–Crippen LogP) is 2.84. The molecule has 0 radical (unpaired) electrons. The average molecular weight is 196 g/mol.